The van der Waals surface area contributed by atoms with Gasteiger partial charge in [-0.2, -0.15) is 0 Å². The van der Waals surface area contributed by atoms with E-state index in [1.54, 1.807) is 53.2 Å². The molecule has 0 fully saturated rings. The minimum absolute atomic E-state index is 0.539. The van der Waals surface area contributed by atoms with E-state index in [9.17, 15) is 9.59 Å². The molecule has 0 spiro atoms. The summed E-state index contributed by atoms with van der Waals surface area (Å²) in [6.07, 6.45) is 3.48. The molecule has 0 saturated carbocycles. The highest BCUT2D eigenvalue weighted by Crippen LogP contribution is 2.28. The van der Waals surface area contributed by atoms with Crippen LogP contribution >= 0.6 is 0 Å². The van der Waals surface area contributed by atoms with Gasteiger partial charge in [0.2, 0.25) is 0 Å². The van der Waals surface area contributed by atoms with Crippen molar-refractivity contribution in [2.75, 3.05) is 7.05 Å². The predicted octanol–water partition coefficient (Wildman–Crippen LogP) is 2.67. The van der Waals surface area contributed by atoms with Crippen LogP contribution in [0.25, 0.3) is 0 Å². The van der Waals surface area contributed by atoms with Gasteiger partial charge in [-0.1, -0.05) is 0 Å². The summed E-state index contributed by atoms with van der Waals surface area (Å²) in [5.41, 5.74) is -0.119. The number of pyridine rings is 1. The lowest BCUT2D eigenvalue weighted by atomic mass is 9.90. The molecule has 5 heteroatoms. The molecule has 20 heavy (non-hydrogen) atoms. The number of aromatic nitrogens is 1. The molecule has 1 unspecified atom stereocenters. The van der Waals surface area contributed by atoms with Gasteiger partial charge in [-0.05, 0) is 51.8 Å². The first-order valence-electron chi connectivity index (χ1n) is 6.46. The number of aryl methyl sites for hydroxylation is 1. The van der Waals surface area contributed by atoms with Crippen molar-refractivity contribution in [1.29, 1.82) is 0 Å². The van der Waals surface area contributed by atoms with Gasteiger partial charge in [-0.15, -0.1) is 0 Å². The zero-order valence-electron chi connectivity index (χ0n) is 12.9. The fraction of sp³-hybridized carbons (Fsp3) is 0.533. The lowest BCUT2D eigenvalue weighted by molar-refractivity contribution is -0.117. The number of ether oxygens (including phenoxy) is 1. The Morgan fingerprint density at radius 1 is 1.35 bits per heavy atom. The minimum Gasteiger partial charge on any atom is -0.444 e. The first-order chi connectivity index (χ1) is 9.12. The summed E-state index contributed by atoms with van der Waals surface area (Å²) < 4.78 is 5.32. The van der Waals surface area contributed by atoms with E-state index in [4.69, 9.17) is 4.74 Å². The van der Waals surface area contributed by atoms with Crippen LogP contribution in [0.1, 0.15) is 38.8 Å². The van der Waals surface area contributed by atoms with Crippen molar-refractivity contribution in [3.05, 3.63) is 29.6 Å². The highest BCUT2D eigenvalue weighted by atomic mass is 16.6. The standard InChI is InChI=1S/C15H22N2O3/c1-11-9-16-8-7-12(11)15(5,10-18)17(6)13(19)20-14(2,3)4/h7-10H,1-6H3. The number of rotatable bonds is 3. The molecule has 0 aromatic carbocycles. The third kappa shape index (κ3) is 3.35. The van der Waals surface area contributed by atoms with Gasteiger partial charge in [-0.3, -0.25) is 9.88 Å². The van der Waals surface area contributed by atoms with Gasteiger partial charge in [0.25, 0.3) is 0 Å². The van der Waals surface area contributed by atoms with Gasteiger partial charge in [0.15, 0.2) is 0 Å². The van der Waals surface area contributed by atoms with Crippen molar-refractivity contribution in [1.82, 2.24) is 9.88 Å². The fourth-order valence-corrected chi connectivity index (χ4v) is 1.88. The summed E-state index contributed by atoms with van der Waals surface area (Å²) in [5, 5.41) is 0. The van der Waals surface area contributed by atoms with E-state index in [1.165, 1.54) is 4.90 Å². The maximum Gasteiger partial charge on any atom is 0.411 e. The second-order valence-corrected chi connectivity index (χ2v) is 6.00. The Morgan fingerprint density at radius 2 is 1.95 bits per heavy atom. The molecule has 0 aliphatic rings. The van der Waals surface area contributed by atoms with Gasteiger partial charge in [-0.25, -0.2) is 4.79 Å². The zero-order valence-corrected chi connectivity index (χ0v) is 12.9. The Morgan fingerprint density at radius 3 is 2.40 bits per heavy atom. The van der Waals surface area contributed by atoms with Crippen molar-refractivity contribution < 1.29 is 14.3 Å². The molecule has 1 amide bonds. The normalized spacial score (nSPS) is 14.3. The molecule has 1 heterocycles. The summed E-state index contributed by atoms with van der Waals surface area (Å²) in [7, 11) is 1.56. The second kappa shape index (κ2) is 5.61. The number of hydrogen-bond acceptors (Lipinski definition) is 4. The fourth-order valence-electron chi connectivity index (χ4n) is 1.88. The number of amides is 1. The molecule has 0 aliphatic heterocycles. The van der Waals surface area contributed by atoms with E-state index in [0.29, 0.717) is 0 Å². The summed E-state index contributed by atoms with van der Waals surface area (Å²) in [4.78, 5) is 29.1. The van der Waals surface area contributed by atoms with Crippen LogP contribution in [0.15, 0.2) is 18.5 Å². The molecule has 1 aromatic heterocycles. The van der Waals surface area contributed by atoms with Gasteiger partial charge >= 0.3 is 6.09 Å². The SMILES string of the molecule is Cc1cnccc1C(C)(C=O)N(C)C(=O)OC(C)(C)C. The van der Waals surface area contributed by atoms with Crippen LogP contribution in [0.4, 0.5) is 4.79 Å². The van der Waals surface area contributed by atoms with E-state index < -0.39 is 17.2 Å². The molecule has 1 rings (SSSR count). The van der Waals surface area contributed by atoms with Gasteiger partial charge in [0.1, 0.15) is 17.4 Å². The average Bonchev–Trinajstić information content (AvgIpc) is 2.35. The third-order valence-electron chi connectivity index (χ3n) is 3.16. The Hall–Kier alpha value is -1.91. The molecule has 0 N–H and O–H groups in total. The van der Waals surface area contributed by atoms with Crippen LogP contribution in [0.3, 0.4) is 0 Å². The molecule has 1 aromatic rings. The zero-order chi connectivity index (χ0) is 15.6. The smallest absolute Gasteiger partial charge is 0.411 e. The predicted molar refractivity (Wildman–Crippen MR) is 76.4 cm³/mol. The maximum absolute atomic E-state index is 12.2. The number of aldehydes is 1. The van der Waals surface area contributed by atoms with Crippen LogP contribution in [-0.2, 0) is 15.1 Å². The number of carbonyl (C=O) groups is 2. The Balaban J connectivity index is 3.14. The average molecular weight is 278 g/mol. The lowest BCUT2D eigenvalue weighted by Gasteiger charge is -2.36. The van der Waals surface area contributed by atoms with Gasteiger partial charge in [0.05, 0.1) is 0 Å². The number of carbonyl (C=O) groups excluding carboxylic acids is 2. The van der Waals surface area contributed by atoms with Crippen molar-refractivity contribution in [2.24, 2.45) is 0 Å². The molecule has 110 valence electrons. The van der Waals surface area contributed by atoms with Crippen LogP contribution in [0.2, 0.25) is 0 Å². The van der Waals surface area contributed by atoms with E-state index in [-0.39, 0.29) is 0 Å². The molecule has 0 aliphatic carbocycles. The van der Waals surface area contributed by atoms with Crippen LogP contribution in [-0.4, -0.2) is 34.9 Å². The summed E-state index contributed by atoms with van der Waals surface area (Å²) in [6.45, 7) is 8.90. The molecule has 0 saturated heterocycles. The van der Waals surface area contributed by atoms with Crippen LogP contribution in [0, 0.1) is 6.92 Å². The Labute approximate surface area is 119 Å². The van der Waals surface area contributed by atoms with E-state index in [2.05, 4.69) is 4.98 Å². The molecule has 0 radical (unpaired) electrons. The monoisotopic (exact) mass is 278 g/mol. The Bertz CT molecular complexity index is 508. The van der Waals surface area contributed by atoms with Crippen LogP contribution in [0.5, 0.6) is 0 Å². The molecule has 5 nitrogen and oxygen atoms in total. The number of hydrogen-bond donors (Lipinski definition) is 0. The van der Waals surface area contributed by atoms with Gasteiger partial charge in [0, 0.05) is 19.4 Å². The quantitative estimate of drug-likeness (QED) is 0.798. The lowest BCUT2D eigenvalue weighted by Crippen LogP contribution is -2.48. The Kier molecular flexibility index (Phi) is 4.53. The summed E-state index contributed by atoms with van der Waals surface area (Å²) in [6, 6.07) is 1.74. The molecular formula is C15H22N2O3. The highest BCUT2D eigenvalue weighted by molar-refractivity contribution is 5.78. The second-order valence-electron chi connectivity index (χ2n) is 6.00. The largest absolute Gasteiger partial charge is 0.444 e. The summed E-state index contributed by atoms with van der Waals surface area (Å²) >= 11 is 0. The van der Waals surface area contributed by atoms with E-state index in [1.807, 2.05) is 6.92 Å². The molecule has 1 atom stereocenters. The van der Waals surface area contributed by atoms with Crippen molar-refractivity contribution in [2.45, 2.75) is 45.8 Å². The minimum atomic E-state index is -1.09. The van der Waals surface area contributed by atoms with Gasteiger partial charge < -0.3 is 9.53 Å². The maximum atomic E-state index is 12.2. The topological polar surface area (TPSA) is 59.5 Å². The highest BCUT2D eigenvalue weighted by Gasteiger charge is 2.37. The first kappa shape index (κ1) is 16.1. The van der Waals surface area contributed by atoms with Crippen molar-refractivity contribution in [3.63, 3.8) is 0 Å². The number of likely N-dealkylation sites (N-methyl/N-ethyl adjacent to an activating group) is 1. The third-order valence-corrected chi connectivity index (χ3v) is 3.16. The summed E-state index contributed by atoms with van der Waals surface area (Å²) in [5.74, 6) is 0. The van der Waals surface area contributed by atoms with E-state index >= 15 is 0 Å². The van der Waals surface area contributed by atoms with Crippen molar-refractivity contribution in [3.8, 4) is 0 Å². The number of nitrogens with zero attached hydrogens (tertiary/aromatic N) is 2. The van der Waals surface area contributed by atoms with Crippen LogP contribution < -0.4 is 0 Å². The molecule has 0 bridgehead atoms. The molecular weight excluding hydrogens is 256 g/mol. The van der Waals surface area contributed by atoms with Crippen molar-refractivity contribution >= 4 is 12.4 Å². The van der Waals surface area contributed by atoms with E-state index in [0.717, 1.165) is 17.4 Å². The first-order valence-corrected chi connectivity index (χ1v) is 6.46.